The highest BCUT2D eigenvalue weighted by Crippen LogP contribution is 2.23. The Morgan fingerprint density at radius 1 is 1.43 bits per heavy atom. The Morgan fingerprint density at radius 2 is 2.14 bits per heavy atom. The molecule has 21 heavy (non-hydrogen) atoms. The number of aldehydes is 1. The van der Waals surface area contributed by atoms with Crippen LogP contribution in [0.5, 0.6) is 0 Å². The average molecular weight is 313 g/mol. The second kappa shape index (κ2) is 6.13. The van der Waals surface area contributed by atoms with E-state index in [1.807, 2.05) is 0 Å². The fraction of sp³-hybridized carbons (Fsp3) is 0.214. The monoisotopic (exact) mass is 312 g/mol. The maximum absolute atomic E-state index is 13.7. The molecule has 0 spiro atoms. The van der Waals surface area contributed by atoms with Gasteiger partial charge in [0.2, 0.25) is 0 Å². The zero-order chi connectivity index (χ0) is 15.6. The molecule has 110 valence electrons. The van der Waals surface area contributed by atoms with Crippen LogP contribution in [0.4, 0.5) is 8.78 Å². The van der Waals surface area contributed by atoms with Gasteiger partial charge in [-0.25, -0.2) is 13.5 Å². The van der Waals surface area contributed by atoms with E-state index in [-0.39, 0.29) is 40.7 Å². The summed E-state index contributed by atoms with van der Waals surface area (Å²) in [7, 11) is 0. The summed E-state index contributed by atoms with van der Waals surface area (Å²) >= 11 is 6.07. The van der Waals surface area contributed by atoms with Gasteiger partial charge in [0.15, 0.2) is 17.4 Å². The van der Waals surface area contributed by atoms with Gasteiger partial charge in [-0.05, 0) is 6.07 Å². The number of halogens is 3. The molecule has 0 amide bonds. The van der Waals surface area contributed by atoms with Crippen molar-refractivity contribution in [1.82, 2.24) is 9.78 Å². The van der Waals surface area contributed by atoms with Gasteiger partial charge in [0, 0.05) is 24.5 Å². The Balaban J connectivity index is 2.45. The molecule has 7 heteroatoms. The number of rotatable bonds is 5. The number of hydrogen-bond donors (Lipinski definition) is 0. The molecule has 0 saturated carbocycles. The third-order valence-electron chi connectivity index (χ3n) is 2.95. The minimum Gasteiger partial charge on any atom is -0.303 e. The van der Waals surface area contributed by atoms with Gasteiger partial charge >= 0.3 is 0 Å². The van der Waals surface area contributed by atoms with Crippen LogP contribution in [0.1, 0.15) is 28.5 Å². The Bertz CT molecular complexity index is 713. The van der Waals surface area contributed by atoms with Crippen molar-refractivity contribution in [3.63, 3.8) is 0 Å². The first-order valence-corrected chi connectivity index (χ1v) is 6.46. The molecule has 0 atom stereocenters. The van der Waals surface area contributed by atoms with Crippen LogP contribution in [0.25, 0.3) is 0 Å². The van der Waals surface area contributed by atoms with E-state index in [1.54, 1.807) is 0 Å². The van der Waals surface area contributed by atoms with Gasteiger partial charge in [-0.15, -0.1) is 0 Å². The second-order valence-electron chi connectivity index (χ2n) is 4.42. The largest absolute Gasteiger partial charge is 0.303 e. The lowest BCUT2D eigenvalue weighted by molar-refractivity contribution is -0.107. The van der Waals surface area contributed by atoms with Crippen molar-refractivity contribution in [3.8, 4) is 0 Å². The highest BCUT2D eigenvalue weighted by atomic mass is 35.5. The third kappa shape index (κ3) is 3.00. The number of nitrogens with zero attached hydrogens (tertiary/aromatic N) is 2. The first-order valence-electron chi connectivity index (χ1n) is 6.08. The molecule has 0 aliphatic heterocycles. The lowest BCUT2D eigenvalue weighted by Crippen LogP contribution is -2.06. The van der Waals surface area contributed by atoms with E-state index < -0.39 is 11.6 Å². The molecule has 1 aromatic carbocycles. The van der Waals surface area contributed by atoms with Gasteiger partial charge in [0.05, 0.1) is 6.54 Å². The molecule has 0 saturated heterocycles. The van der Waals surface area contributed by atoms with Gasteiger partial charge in [-0.2, -0.15) is 5.10 Å². The van der Waals surface area contributed by atoms with Crippen LogP contribution in [-0.2, 0) is 17.8 Å². The van der Waals surface area contributed by atoms with E-state index >= 15 is 0 Å². The average Bonchev–Trinajstić information content (AvgIpc) is 2.74. The van der Waals surface area contributed by atoms with Gasteiger partial charge in [-0.1, -0.05) is 23.7 Å². The fourth-order valence-corrected chi connectivity index (χ4v) is 2.23. The minimum atomic E-state index is -0.995. The standard InChI is InChI=1S/C14H11ClF2N2O2/c1-8(21)13-10(5-6-20)14(15)19(18-13)7-9-3-2-4-11(16)12(9)17/h2-4,6H,5,7H2,1H3. The van der Waals surface area contributed by atoms with Crippen molar-refractivity contribution in [2.75, 3.05) is 0 Å². The highest BCUT2D eigenvalue weighted by Gasteiger charge is 2.20. The van der Waals surface area contributed by atoms with Gasteiger partial charge in [0.25, 0.3) is 0 Å². The van der Waals surface area contributed by atoms with Crippen LogP contribution in [0, 0.1) is 11.6 Å². The zero-order valence-electron chi connectivity index (χ0n) is 11.1. The summed E-state index contributed by atoms with van der Waals surface area (Å²) in [5, 5.41) is 4.05. The molecular formula is C14H11ClF2N2O2. The fourth-order valence-electron chi connectivity index (χ4n) is 1.96. The molecule has 2 aromatic rings. The minimum absolute atomic E-state index is 0.0483. The summed E-state index contributed by atoms with van der Waals surface area (Å²) in [5.74, 6) is -2.33. The first kappa shape index (κ1) is 15.3. The summed E-state index contributed by atoms with van der Waals surface area (Å²) in [6.45, 7) is 1.15. The molecule has 1 aromatic heterocycles. The Kier molecular flexibility index (Phi) is 4.47. The predicted octanol–water partition coefficient (Wildman–Crippen LogP) is 2.81. The van der Waals surface area contributed by atoms with E-state index in [0.717, 1.165) is 6.07 Å². The molecule has 0 fully saturated rings. The maximum atomic E-state index is 13.7. The van der Waals surface area contributed by atoms with E-state index in [2.05, 4.69) is 5.10 Å². The molecule has 0 unspecified atom stereocenters. The lowest BCUT2D eigenvalue weighted by atomic mass is 10.1. The Hall–Kier alpha value is -2.08. The third-order valence-corrected chi connectivity index (χ3v) is 3.38. The Labute approximate surface area is 124 Å². The van der Waals surface area contributed by atoms with Gasteiger partial charge in [0.1, 0.15) is 17.1 Å². The smallest absolute Gasteiger partial charge is 0.180 e. The number of carbonyl (C=O) groups is 2. The molecule has 0 N–H and O–H groups in total. The first-order chi connectivity index (χ1) is 9.95. The molecule has 0 aliphatic carbocycles. The number of Topliss-reactive ketones (excluding diaryl/α,β-unsaturated/α-hetero) is 1. The number of aromatic nitrogens is 2. The van der Waals surface area contributed by atoms with Crippen molar-refractivity contribution in [2.24, 2.45) is 0 Å². The normalized spacial score (nSPS) is 10.7. The van der Waals surface area contributed by atoms with Crippen LogP contribution in [0.3, 0.4) is 0 Å². The zero-order valence-corrected chi connectivity index (χ0v) is 11.8. The number of carbonyl (C=O) groups excluding carboxylic acids is 2. The summed E-state index contributed by atoms with van der Waals surface area (Å²) in [6, 6.07) is 3.76. The van der Waals surface area contributed by atoms with Crippen LogP contribution >= 0.6 is 11.6 Å². The molecule has 2 rings (SSSR count). The summed E-state index contributed by atoms with van der Waals surface area (Å²) < 4.78 is 28.0. The van der Waals surface area contributed by atoms with Crippen LogP contribution in [0.2, 0.25) is 5.15 Å². The highest BCUT2D eigenvalue weighted by molar-refractivity contribution is 6.31. The maximum Gasteiger partial charge on any atom is 0.180 e. The summed E-state index contributed by atoms with van der Waals surface area (Å²) in [4.78, 5) is 22.1. The van der Waals surface area contributed by atoms with Gasteiger partial charge in [-0.3, -0.25) is 4.79 Å². The van der Waals surface area contributed by atoms with E-state index in [9.17, 15) is 18.4 Å². The molecule has 0 radical (unpaired) electrons. The van der Waals surface area contributed by atoms with Crippen molar-refractivity contribution < 1.29 is 18.4 Å². The number of benzene rings is 1. The lowest BCUT2D eigenvalue weighted by Gasteiger charge is -2.05. The summed E-state index contributed by atoms with van der Waals surface area (Å²) in [5.41, 5.74) is 0.395. The van der Waals surface area contributed by atoms with Crippen LogP contribution < -0.4 is 0 Å². The van der Waals surface area contributed by atoms with E-state index in [0.29, 0.717) is 6.29 Å². The van der Waals surface area contributed by atoms with Gasteiger partial charge < -0.3 is 4.79 Å². The predicted molar refractivity (Wildman–Crippen MR) is 72.5 cm³/mol. The molecule has 4 nitrogen and oxygen atoms in total. The number of hydrogen-bond acceptors (Lipinski definition) is 3. The quantitative estimate of drug-likeness (QED) is 0.630. The van der Waals surface area contributed by atoms with Crippen LogP contribution in [0.15, 0.2) is 18.2 Å². The van der Waals surface area contributed by atoms with E-state index in [1.165, 1.54) is 23.7 Å². The van der Waals surface area contributed by atoms with Crippen molar-refractivity contribution in [1.29, 1.82) is 0 Å². The SMILES string of the molecule is CC(=O)c1nn(Cc2cccc(F)c2F)c(Cl)c1CC=O. The second-order valence-corrected chi connectivity index (χ2v) is 4.77. The molecule has 1 heterocycles. The molecule has 0 aliphatic rings. The van der Waals surface area contributed by atoms with Crippen LogP contribution in [-0.4, -0.2) is 21.8 Å². The molecule has 0 bridgehead atoms. The summed E-state index contributed by atoms with van der Waals surface area (Å²) in [6.07, 6.45) is 0.530. The van der Waals surface area contributed by atoms with E-state index in [4.69, 9.17) is 11.6 Å². The topological polar surface area (TPSA) is 52.0 Å². The van der Waals surface area contributed by atoms with Crippen molar-refractivity contribution in [2.45, 2.75) is 19.9 Å². The number of ketones is 1. The Morgan fingerprint density at radius 3 is 2.76 bits per heavy atom. The van der Waals surface area contributed by atoms with Crippen molar-refractivity contribution in [3.05, 3.63) is 51.8 Å². The van der Waals surface area contributed by atoms with Crippen molar-refractivity contribution >= 4 is 23.7 Å². The molecular weight excluding hydrogens is 302 g/mol.